The smallest absolute Gasteiger partial charge is 0.126 e. The third-order valence-electron chi connectivity index (χ3n) is 2.18. The van der Waals surface area contributed by atoms with Gasteiger partial charge in [0.2, 0.25) is 0 Å². The van der Waals surface area contributed by atoms with Crippen molar-refractivity contribution in [3.8, 4) is 12.3 Å². The van der Waals surface area contributed by atoms with E-state index >= 15 is 0 Å². The van der Waals surface area contributed by atoms with E-state index in [4.69, 9.17) is 6.42 Å². The van der Waals surface area contributed by atoms with Crippen molar-refractivity contribution in [3.63, 3.8) is 0 Å². The Morgan fingerprint density at radius 1 is 1.12 bits per heavy atom. The van der Waals surface area contributed by atoms with E-state index in [9.17, 15) is 8.78 Å². The van der Waals surface area contributed by atoms with Crippen molar-refractivity contribution in [2.75, 3.05) is 6.54 Å². The van der Waals surface area contributed by atoms with Crippen molar-refractivity contribution in [3.05, 3.63) is 35.4 Å². The summed E-state index contributed by atoms with van der Waals surface area (Å²) in [4.78, 5) is 0. The van der Waals surface area contributed by atoms with Gasteiger partial charge in [-0.05, 0) is 37.1 Å². The summed E-state index contributed by atoms with van der Waals surface area (Å²) in [7, 11) is 0. The van der Waals surface area contributed by atoms with Gasteiger partial charge in [0, 0.05) is 19.0 Å². The summed E-state index contributed by atoms with van der Waals surface area (Å²) in [5.41, 5.74) is 0.620. The Kier molecular flexibility index (Phi) is 5.52. The number of hydrogen-bond acceptors (Lipinski definition) is 1. The first kappa shape index (κ1) is 12.7. The molecule has 0 aliphatic heterocycles. The van der Waals surface area contributed by atoms with Gasteiger partial charge in [0.15, 0.2) is 0 Å². The second kappa shape index (κ2) is 6.97. The normalized spacial score (nSPS) is 10.1. The summed E-state index contributed by atoms with van der Waals surface area (Å²) in [6.45, 7) is 1.28. The Morgan fingerprint density at radius 3 is 2.44 bits per heavy atom. The number of hydrogen-bond donors (Lipinski definition) is 1. The summed E-state index contributed by atoms with van der Waals surface area (Å²) in [5, 5.41) is 3.11. The molecule has 0 bridgehead atoms. The lowest BCUT2D eigenvalue weighted by Crippen LogP contribution is -2.14. The third-order valence-corrected chi connectivity index (χ3v) is 2.18. The standard InChI is InChI=1S/C13H15F2N/c1-2-3-4-5-6-16-10-11-7-12(14)9-13(15)8-11/h1,7-9,16H,3-6,10H2. The summed E-state index contributed by atoms with van der Waals surface area (Å²) >= 11 is 0. The summed E-state index contributed by atoms with van der Waals surface area (Å²) in [5.74, 6) is 1.49. The van der Waals surface area contributed by atoms with Crippen molar-refractivity contribution >= 4 is 0 Å². The van der Waals surface area contributed by atoms with Crippen LogP contribution in [0.2, 0.25) is 0 Å². The maximum atomic E-state index is 12.8. The molecule has 3 heteroatoms. The molecule has 0 saturated carbocycles. The minimum atomic E-state index is -0.538. The van der Waals surface area contributed by atoms with Gasteiger partial charge in [-0.1, -0.05) is 0 Å². The average Bonchev–Trinajstić information content (AvgIpc) is 2.22. The highest BCUT2D eigenvalue weighted by Gasteiger charge is 1.99. The van der Waals surface area contributed by atoms with Crippen molar-refractivity contribution in [1.29, 1.82) is 0 Å². The van der Waals surface area contributed by atoms with E-state index in [-0.39, 0.29) is 0 Å². The molecule has 1 aromatic rings. The van der Waals surface area contributed by atoms with Gasteiger partial charge >= 0.3 is 0 Å². The number of halogens is 2. The van der Waals surface area contributed by atoms with E-state index in [0.717, 1.165) is 31.9 Å². The first-order chi connectivity index (χ1) is 7.72. The first-order valence-electron chi connectivity index (χ1n) is 5.31. The molecule has 1 aromatic carbocycles. The molecule has 1 N–H and O–H groups in total. The molecule has 16 heavy (non-hydrogen) atoms. The SMILES string of the molecule is C#CCCCCNCc1cc(F)cc(F)c1. The van der Waals surface area contributed by atoms with Gasteiger partial charge in [0.25, 0.3) is 0 Å². The Bertz CT molecular complexity index is 348. The Morgan fingerprint density at radius 2 is 1.81 bits per heavy atom. The molecule has 1 nitrogen and oxygen atoms in total. The number of nitrogens with one attached hydrogen (secondary N) is 1. The highest BCUT2D eigenvalue weighted by atomic mass is 19.1. The van der Waals surface area contributed by atoms with Crippen LogP contribution in [0, 0.1) is 24.0 Å². The number of benzene rings is 1. The fraction of sp³-hybridized carbons (Fsp3) is 0.385. The van der Waals surface area contributed by atoms with Crippen LogP contribution < -0.4 is 5.32 Å². The predicted molar refractivity (Wildman–Crippen MR) is 60.7 cm³/mol. The minimum absolute atomic E-state index is 0.477. The van der Waals surface area contributed by atoms with Gasteiger partial charge in [0.1, 0.15) is 11.6 Å². The molecule has 0 radical (unpaired) electrons. The van der Waals surface area contributed by atoms with E-state index in [1.54, 1.807) is 0 Å². The van der Waals surface area contributed by atoms with Crippen LogP contribution in [-0.4, -0.2) is 6.54 Å². The van der Waals surface area contributed by atoms with Crippen LogP contribution in [0.4, 0.5) is 8.78 Å². The average molecular weight is 223 g/mol. The lowest BCUT2D eigenvalue weighted by Gasteiger charge is -2.04. The molecular weight excluding hydrogens is 208 g/mol. The summed E-state index contributed by atoms with van der Waals surface area (Å²) in [6.07, 6.45) is 7.84. The van der Waals surface area contributed by atoms with Gasteiger partial charge in [0.05, 0.1) is 0 Å². The van der Waals surface area contributed by atoms with Gasteiger partial charge in [-0.15, -0.1) is 12.3 Å². The molecule has 0 unspecified atom stereocenters. The van der Waals surface area contributed by atoms with Crippen molar-refractivity contribution in [2.24, 2.45) is 0 Å². The molecule has 1 rings (SSSR count). The Hall–Kier alpha value is -1.40. The third kappa shape index (κ3) is 4.90. The quantitative estimate of drug-likeness (QED) is 0.577. The molecule has 0 atom stereocenters. The maximum Gasteiger partial charge on any atom is 0.126 e. The first-order valence-corrected chi connectivity index (χ1v) is 5.31. The van der Waals surface area contributed by atoms with Crippen LogP contribution in [0.1, 0.15) is 24.8 Å². The molecule has 0 aromatic heterocycles. The lowest BCUT2D eigenvalue weighted by molar-refractivity contribution is 0.572. The molecular formula is C13H15F2N. The highest BCUT2D eigenvalue weighted by molar-refractivity contribution is 5.17. The van der Waals surface area contributed by atoms with E-state index in [2.05, 4.69) is 11.2 Å². The Balaban J connectivity index is 2.24. The molecule has 0 spiro atoms. The van der Waals surface area contributed by atoms with E-state index in [1.165, 1.54) is 12.1 Å². The summed E-state index contributed by atoms with van der Waals surface area (Å²) < 4.78 is 25.6. The largest absolute Gasteiger partial charge is 0.313 e. The predicted octanol–water partition coefficient (Wildman–Crippen LogP) is 2.86. The van der Waals surface area contributed by atoms with Crippen LogP contribution >= 0.6 is 0 Å². The zero-order valence-electron chi connectivity index (χ0n) is 9.10. The van der Waals surface area contributed by atoms with E-state index in [1.807, 2.05) is 0 Å². The molecule has 86 valence electrons. The molecule has 0 amide bonds. The molecule has 0 aliphatic rings. The van der Waals surface area contributed by atoms with Crippen LogP contribution in [-0.2, 0) is 6.54 Å². The van der Waals surface area contributed by atoms with Crippen molar-refractivity contribution < 1.29 is 8.78 Å². The van der Waals surface area contributed by atoms with E-state index < -0.39 is 11.6 Å². The van der Waals surface area contributed by atoms with Gasteiger partial charge in [-0.25, -0.2) is 8.78 Å². The topological polar surface area (TPSA) is 12.0 Å². The second-order valence-electron chi connectivity index (χ2n) is 3.62. The van der Waals surface area contributed by atoms with Crippen LogP contribution in [0.3, 0.4) is 0 Å². The maximum absolute atomic E-state index is 12.8. The van der Waals surface area contributed by atoms with Crippen LogP contribution in [0.5, 0.6) is 0 Å². The van der Waals surface area contributed by atoms with Crippen molar-refractivity contribution in [2.45, 2.75) is 25.8 Å². The number of rotatable bonds is 6. The monoisotopic (exact) mass is 223 g/mol. The van der Waals surface area contributed by atoms with Crippen LogP contribution in [0.15, 0.2) is 18.2 Å². The van der Waals surface area contributed by atoms with Gasteiger partial charge < -0.3 is 5.32 Å². The molecule has 0 saturated heterocycles. The van der Waals surface area contributed by atoms with Gasteiger partial charge in [-0.2, -0.15) is 0 Å². The molecule has 0 aliphatic carbocycles. The second-order valence-corrected chi connectivity index (χ2v) is 3.62. The number of unbranched alkanes of at least 4 members (excludes halogenated alkanes) is 2. The van der Waals surface area contributed by atoms with E-state index in [0.29, 0.717) is 12.1 Å². The number of terminal acetylenes is 1. The molecule has 0 fully saturated rings. The fourth-order valence-corrected chi connectivity index (χ4v) is 1.42. The minimum Gasteiger partial charge on any atom is -0.313 e. The highest BCUT2D eigenvalue weighted by Crippen LogP contribution is 2.07. The van der Waals surface area contributed by atoms with Gasteiger partial charge in [-0.3, -0.25) is 0 Å². The Labute approximate surface area is 94.9 Å². The zero-order valence-corrected chi connectivity index (χ0v) is 9.10. The molecule has 0 heterocycles. The van der Waals surface area contributed by atoms with Crippen molar-refractivity contribution in [1.82, 2.24) is 5.32 Å². The lowest BCUT2D eigenvalue weighted by atomic mass is 10.2. The van der Waals surface area contributed by atoms with Crippen LogP contribution in [0.25, 0.3) is 0 Å². The zero-order chi connectivity index (χ0) is 11.8. The fourth-order valence-electron chi connectivity index (χ4n) is 1.42. The summed E-state index contributed by atoms with van der Waals surface area (Å²) in [6, 6.07) is 3.53.